The molecular weight excluding hydrogens is 192 g/mol. The maximum Gasteiger partial charge on any atom is 0.407 e. The molecule has 0 radical (unpaired) electrons. The number of hydrogen-bond donors (Lipinski definition) is 2. The molecule has 4 nitrogen and oxygen atoms in total. The summed E-state index contributed by atoms with van der Waals surface area (Å²) in [5, 5.41) is 9.18. The van der Waals surface area contributed by atoms with Crippen LogP contribution in [0.3, 0.4) is 0 Å². The molecule has 1 atom stereocenters. The average molecular weight is 214 g/mol. The van der Waals surface area contributed by atoms with Gasteiger partial charge in [-0.1, -0.05) is 6.42 Å². The lowest BCUT2D eigenvalue weighted by Crippen LogP contribution is -2.46. The molecule has 1 unspecified atom stereocenters. The topological polar surface area (TPSA) is 66.6 Å². The lowest BCUT2D eigenvalue weighted by atomic mass is 10.0. The molecule has 0 aromatic rings. The number of nitrogens with zero attached hydrogens (tertiary/aromatic N) is 1. The van der Waals surface area contributed by atoms with Crippen molar-refractivity contribution in [1.29, 1.82) is 0 Å². The second-order valence-electron chi connectivity index (χ2n) is 4.94. The van der Waals surface area contributed by atoms with Gasteiger partial charge in [0.05, 0.1) is 0 Å². The van der Waals surface area contributed by atoms with Crippen LogP contribution in [0.2, 0.25) is 0 Å². The van der Waals surface area contributed by atoms with Crippen molar-refractivity contribution in [3.05, 3.63) is 0 Å². The zero-order valence-electron chi connectivity index (χ0n) is 9.70. The lowest BCUT2D eigenvalue weighted by Gasteiger charge is -2.33. The number of carboxylic acid groups (broad SMARTS) is 1. The Labute approximate surface area is 91.4 Å². The van der Waals surface area contributed by atoms with Gasteiger partial charge in [0.1, 0.15) is 0 Å². The largest absolute Gasteiger partial charge is 0.465 e. The lowest BCUT2D eigenvalue weighted by molar-refractivity contribution is 0.0932. The van der Waals surface area contributed by atoms with Crippen molar-refractivity contribution in [1.82, 2.24) is 4.90 Å². The number of rotatable bonds is 4. The van der Waals surface area contributed by atoms with E-state index < -0.39 is 6.09 Å². The van der Waals surface area contributed by atoms with Crippen LogP contribution in [-0.4, -0.2) is 34.2 Å². The van der Waals surface area contributed by atoms with E-state index in [2.05, 4.69) is 0 Å². The van der Waals surface area contributed by atoms with Gasteiger partial charge < -0.3 is 15.7 Å². The van der Waals surface area contributed by atoms with E-state index in [-0.39, 0.29) is 11.6 Å². The molecule has 1 fully saturated rings. The smallest absolute Gasteiger partial charge is 0.407 e. The first-order valence-corrected chi connectivity index (χ1v) is 5.71. The van der Waals surface area contributed by atoms with Crippen molar-refractivity contribution in [2.24, 2.45) is 5.73 Å². The Bertz CT molecular complexity index is 229. The van der Waals surface area contributed by atoms with Crippen LogP contribution in [0.4, 0.5) is 4.79 Å². The molecule has 0 saturated carbocycles. The standard InChI is InChI=1S/C11H22N2O2/c1-11(2)7-6-9(5-3-4-8-12)13(11)10(14)15/h9H,3-8,12H2,1-2H3,(H,14,15). The first-order valence-electron chi connectivity index (χ1n) is 5.71. The highest BCUT2D eigenvalue weighted by atomic mass is 16.4. The van der Waals surface area contributed by atoms with Crippen LogP contribution in [0.25, 0.3) is 0 Å². The molecule has 4 heteroatoms. The van der Waals surface area contributed by atoms with Gasteiger partial charge in [-0.3, -0.25) is 0 Å². The van der Waals surface area contributed by atoms with Crippen LogP contribution in [0.1, 0.15) is 46.0 Å². The summed E-state index contributed by atoms with van der Waals surface area (Å²) in [4.78, 5) is 12.8. The summed E-state index contributed by atoms with van der Waals surface area (Å²) in [5.41, 5.74) is 5.24. The van der Waals surface area contributed by atoms with Gasteiger partial charge in [-0.2, -0.15) is 0 Å². The predicted octanol–water partition coefficient (Wildman–Crippen LogP) is 2.04. The maximum absolute atomic E-state index is 11.2. The monoisotopic (exact) mass is 214 g/mol. The number of likely N-dealkylation sites (tertiary alicyclic amines) is 1. The summed E-state index contributed by atoms with van der Waals surface area (Å²) in [5.74, 6) is 0. The number of unbranched alkanes of at least 4 members (excludes halogenated alkanes) is 1. The van der Waals surface area contributed by atoms with Gasteiger partial charge in [-0.05, 0) is 46.1 Å². The summed E-state index contributed by atoms with van der Waals surface area (Å²) in [6.07, 6.45) is 4.14. The molecule has 1 aliphatic heterocycles. The molecule has 1 rings (SSSR count). The minimum absolute atomic E-state index is 0.195. The van der Waals surface area contributed by atoms with Gasteiger partial charge in [-0.25, -0.2) is 4.79 Å². The molecule has 15 heavy (non-hydrogen) atoms. The SMILES string of the molecule is CC1(C)CCC(CCCCN)N1C(=O)O. The Balaban J connectivity index is 2.54. The number of nitrogens with two attached hydrogens (primary N) is 1. The van der Waals surface area contributed by atoms with E-state index in [1.807, 2.05) is 13.8 Å². The Kier molecular flexibility index (Phi) is 3.97. The van der Waals surface area contributed by atoms with E-state index in [0.717, 1.165) is 32.1 Å². The molecule has 0 bridgehead atoms. The van der Waals surface area contributed by atoms with E-state index in [9.17, 15) is 9.90 Å². The van der Waals surface area contributed by atoms with E-state index in [1.165, 1.54) is 0 Å². The molecule has 1 saturated heterocycles. The Morgan fingerprint density at radius 1 is 1.53 bits per heavy atom. The van der Waals surface area contributed by atoms with Gasteiger partial charge in [-0.15, -0.1) is 0 Å². The average Bonchev–Trinajstić information content (AvgIpc) is 2.42. The third-order valence-corrected chi connectivity index (χ3v) is 3.30. The fourth-order valence-electron chi connectivity index (χ4n) is 2.48. The Morgan fingerprint density at radius 3 is 2.73 bits per heavy atom. The fraction of sp³-hybridized carbons (Fsp3) is 0.909. The third kappa shape index (κ3) is 2.84. The van der Waals surface area contributed by atoms with Crippen molar-refractivity contribution in [2.75, 3.05) is 6.54 Å². The molecule has 0 aromatic carbocycles. The molecule has 0 aliphatic carbocycles. The molecule has 0 aromatic heterocycles. The summed E-state index contributed by atoms with van der Waals surface area (Å²) in [6.45, 7) is 4.71. The second-order valence-corrected chi connectivity index (χ2v) is 4.94. The van der Waals surface area contributed by atoms with Crippen LogP contribution in [0.5, 0.6) is 0 Å². The molecule has 1 aliphatic rings. The normalized spacial score (nSPS) is 24.5. The van der Waals surface area contributed by atoms with Crippen LogP contribution in [0, 0.1) is 0 Å². The molecule has 0 spiro atoms. The van der Waals surface area contributed by atoms with Crippen molar-refractivity contribution in [3.8, 4) is 0 Å². The highest BCUT2D eigenvalue weighted by molar-refractivity contribution is 5.67. The Hall–Kier alpha value is -0.770. The zero-order chi connectivity index (χ0) is 11.5. The molecular formula is C11H22N2O2. The molecule has 88 valence electrons. The van der Waals surface area contributed by atoms with E-state index in [1.54, 1.807) is 4.90 Å². The van der Waals surface area contributed by atoms with Crippen molar-refractivity contribution >= 4 is 6.09 Å². The van der Waals surface area contributed by atoms with Crippen molar-refractivity contribution in [3.63, 3.8) is 0 Å². The van der Waals surface area contributed by atoms with Gasteiger partial charge in [0.15, 0.2) is 0 Å². The van der Waals surface area contributed by atoms with Crippen LogP contribution in [-0.2, 0) is 0 Å². The highest BCUT2D eigenvalue weighted by Crippen LogP contribution is 2.35. The summed E-state index contributed by atoms with van der Waals surface area (Å²) < 4.78 is 0. The van der Waals surface area contributed by atoms with Crippen molar-refractivity contribution < 1.29 is 9.90 Å². The minimum Gasteiger partial charge on any atom is -0.465 e. The minimum atomic E-state index is -0.782. The third-order valence-electron chi connectivity index (χ3n) is 3.30. The van der Waals surface area contributed by atoms with E-state index in [4.69, 9.17) is 5.73 Å². The van der Waals surface area contributed by atoms with Crippen LogP contribution in [0.15, 0.2) is 0 Å². The number of amides is 1. The number of carbonyl (C=O) groups is 1. The van der Waals surface area contributed by atoms with Gasteiger partial charge in [0, 0.05) is 11.6 Å². The summed E-state index contributed by atoms with van der Waals surface area (Å²) >= 11 is 0. The first-order chi connectivity index (χ1) is 6.99. The maximum atomic E-state index is 11.2. The van der Waals surface area contributed by atoms with Gasteiger partial charge in [0.25, 0.3) is 0 Å². The highest BCUT2D eigenvalue weighted by Gasteiger charge is 2.41. The first kappa shape index (κ1) is 12.3. The molecule has 1 heterocycles. The Morgan fingerprint density at radius 2 is 2.20 bits per heavy atom. The number of hydrogen-bond acceptors (Lipinski definition) is 2. The molecule has 3 N–H and O–H groups in total. The predicted molar refractivity (Wildman–Crippen MR) is 59.9 cm³/mol. The fourth-order valence-corrected chi connectivity index (χ4v) is 2.48. The molecule has 1 amide bonds. The van der Waals surface area contributed by atoms with Crippen LogP contribution >= 0.6 is 0 Å². The quantitative estimate of drug-likeness (QED) is 0.704. The van der Waals surface area contributed by atoms with E-state index >= 15 is 0 Å². The van der Waals surface area contributed by atoms with Crippen molar-refractivity contribution in [2.45, 2.75) is 57.5 Å². The van der Waals surface area contributed by atoms with Gasteiger partial charge in [0.2, 0.25) is 0 Å². The zero-order valence-corrected chi connectivity index (χ0v) is 9.70. The van der Waals surface area contributed by atoms with Gasteiger partial charge >= 0.3 is 6.09 Å². The van der Waals surface area contributed by atoms with E-state index in [0.29, 0.717) is 6.54 Å². The second kappa shape index (κ2) is 4.84. The van der Waals surface area contributed by atoms with Crippen LogP contribution < -0.4 is 5.73 Å². The summed E-state index contributed by atoms with van der Waals surface area (Å²) in [6, 6.07) is 0.198. The summed E-state index contributed by atoms with van der Waals surface area (Å²) in [7, 11) is 0.